The minimum Gasteiger partial charge on any atom is -0.395 e. The summed E-state index contributed by atoms with van der Waals surface area (Å²) >= 11 is 0. The summed E-state index contributed by atoms with van der Waals surface area (Å²) in [7, 11) is 0. The lowest BCUT2D eigenvalue weighted by Crippen LogP contribution is -2.37. The van der Waals surface area contributed by atoms with E-state index in [4.69, 9.17) is 9.84 Å². The second kappa shape index (κ2) is 7.21. The molecule has 1 atom stereocenters. The lowest BCUT2D eigenvalue weighted by Gasteiger charge is -2.15. The fourth-order valence-corrected chi connectivity index (χ4v) is 1.41. The van der Waals surface area contributed by atoms with Crippen LogP contribution in [-0.2, 0) is 4.74 Å². The van der Waals surface area contributed by atoms with E-state index in [1.807, 2.05) is 0 Å². The van der Waals surface area contributed by atoms with Gasteiger partial charge in [-0.2, -0.15) is 0 Å². The summed E-state index contributed by atoms with van der Waals surface area (Å²) < 4.78 is 5.51. The molecule has 0 aromatic heterocycles. The van der Waals surface area contributed by atoms with Crippen LogP contribution < -0.4 is 5.32 Å². The molecule has 3 heteroatoms. The van der Waals surface area contributed by atoms with E-state index in [-0.39, 0.29) is 12.6 Å². The Balaban J connectivity index is 1.89. The van der Waals surface area contributed by atoms with E-state index >= 15 is 0 Å². The van der Waals surface area contributed by atoms with E-state index in [1.165, 1.54) is 19.3 Å². The monoisotopic (exact) mass is 201 g/mol. The summed E-state index contributed by atoms with van der Waals surface area (Å²) in [6.07, 6.45) is 5.08. The Morgan fingerprint density at radius 2 is 2.29 bits per heavy atom. The highest BCUT2D eigenvalue weighted by Gasteiger charge is 2.20. The molecule has 0 saturated heterocycles. The zero-order valence-electron chi connectivity index (χ0n) is 9.17. The van der Waals surface area contributed by atoms with Gasteiger partial charge in [0.1, 0.15) is 0 Å². The van der Waals surface area contributed by atoms with Gasteiger partial charge in [0, 0.05) is 6.61 Å². The third-order valence-corrected chi connectivity index (χ3v) is 2.59. The van der Waals surface area contributed by atoms with Gasteiger partial charge in [-0.3, -0.25) is 0 Å². The van der Waals surface area contributed by atoms with Crippen molar-refractivity contribution in [1.29, 1.82) is 0 Å². The third kappa shape index (κ3) is 5.58. The maximum Gasteiger partial charge on any atom is 0.0642 e. The molecule has 3 nitrogen and oxygen atoms in total. The second-order valence-corrected chi connectivity index (χ2v) is 4.14. The van der Waals surface area contributed by atoms with E-state index in [0.717, 1.165) is 25.5 Å². The van der Waals surface area contributed by atoms with Gasteiger partial charge in [0.25, 0.3) is 0 Å². The van der Waals surface area contributed by atoms with Crippen LogP contribution in [-0.4, -0.2) is 37.5 Å². The first-order valence-corrected chi connectivity index (χ1v) is 5.78. The number of nitrogens with one attached hydrogen (secondary N) is 1. The fourth-order valence-electron chi connectivity index (χ4n) is 1.41. The topological polar surface area (TPSA) is 41.5 Å². The third-order valence-electron chi connectivity index (χ3n) is 2.59. The fraction of sp³-hybridized carbons (Fsp3) is 1.00. The Hall–Kier alpha value is -0.120. The molecule has 0 bridgehead atoms. The maximum absolute atomic E-state index is 9.03. The first-order valence-electron chi connectivity index (χ1n) is 5.78. The molecular weight excluding hydrogens is 178 g/mol. The van der Waals surface area contributed by atoms with Crippen LogP contribution in [0, 0.1) is 5.92 Å². The van der Waals surface area contributed by atoms with Crippen molar-refractivity contribution in [2.75, 3.05) is 26.4 Å². The quantitative estimate of drug-likeness (QED) is 0.550. The first kappa shape index (κ1) is 12.0. The van der Waals surface area contributed by atoms with Crippen LogP contribution in [0.25, 0.3) is 0 Å². The SMILES string of the molecule is CCCNC(CO)COCCC1CC1. The molecular formula is C11H23NO2. The van der Waals surface area contributed by atoms with Gasteiger partial charge in [-0.05, 0) is 25.3 Å². The summed E-state index contributed by atoms with van der Waals surface area (Å²) in [5, 5.41) is 12.3. The summed E-state index contributed by atoms with van der Waals surface area (Å²) in [5.74, 6) is 0.936. The van der Waals surface area contributed by atoms with Crippen molar-refractivity contribution in [1.82, 2.24) is 5.32 Å². The molecule has 0 aromatic carbocycles. The zero-order chi connectivity index (χ0) is 10.2. The number of ether oxygens (including phenoxy) is 1. The number of aliphatic hydroxyl groups excluding tert-OH is 1. The molecule has 84 valence electrons. The smallest absolute Gasteiger partial charge is 0.0642 e. The highest BCUT2D eigenvalue weighted by Crippen LogP contribution is 2.31. The molecule has 0 amide bonds. The van der Waals surface area contributed by atoms with Gasteiger partial charge in [-0.1, -0.05) is 19.8 Å². The van der Waals surface area contributed by atoms with Crippen molar-refractivity contribution in [3.63, 3.8) is 0 Å². The van der Waals surface area contributed by atoms with Crippen molar-refractivity contribution in [3.05, 3.63) is 0 Å². The second-order valence-electron chi connectivity index (χ2n) is 4.14. The molecule has 1 fully saturated rings. The Morgan fingerprint density at radius 1 is 1.50 bits per heavy atom. The number of rotatable bonds is 9. The highest BCUT2D eigenvalue weighted by atomic mass is 16.5. The van der Waals surface area contributed by atoms with E-state index in [0.29, 0.717) is 6.61 Å². The Kier molecular flexibility index (Phi) is 6.15. The molecule has 2 N–H and O–H groups in total. The predicted octanol–water partition coefficient (Wildman–Crippen LogP) is 1.16. The predicted molar refractivity (Wildman–Crippen MR) is 57.3 cm³/mol. The van der Waals surface area contributed by atoms with Gasteiger partial charge in [-0.15, -0.1) is 0 Å². The summed E-state index contributed by atoms with van der Waals surface area (Å²) in [5.41, 5.74) is 0. The van der Waals surface area contributed by atoms with Crippen molar-refractivity contribution < 1.29 is 9.84 Å². The molecule has 1 aliphatic carbocycles. The normalized spacial score (nSPS) is 18.4. The summed E-state index contributed by atoms with van der Waals surface area (Å²) in [6, 6.07) is 0.120. The number of aliphatic hydroxyl groups is 1. The summed E-state index contributed by atoms with van der Waals surface area (Å²) in [4.78, 5) is 0. The average Bonchev–Trinajstić information content (AvgIpc) is 3.01. The Morgan fingerprint density at radius 3 is 2.86 bits per heavy atom. The maximum atomic E-state index is 9.03. The van der Waals surface area contributed by atoms with Gasteiger partial charge in [0.15, 0.2) is 0 Å². The Bertz CT molecular complexity index is 137. The van der Waals surface area contributed by atoms with Crippen LogP contribution in [0.1, 0.15) is 32.6 Å². The van der Waals surface area contributed by atoms with E-state index in [1.54, 1.807) is 0 Å². The lowest BCUT2D eigenvalue weighted by atomic mass is 10.3. The van der Waals surface area contributed by atoms with E-state index in [2.05, 4.69) is 12.2 Å². The minimum absolute atomic E-state index is 0.120. The van der Waals surface area contributed by atoms with Crippen LogP contribution in [0.3, 0.4) is 0 Å². The largest absolute Gasteiger partial charge is 0.395 e. The lowest BCUT2D eigenvalue weighted by molar-refractivity contribution is 0.0851. The van der Waals surface area contributed by atoms with Gasteiger partial charge in [0.2, 0.25) is 0 Å². The van der Waals surface area contributed by atoms with Crippen LogP contribution >= 0.6 is 0 Å². The van der Waals surface area contributed by atoms with Crippen molar-refractivity contribution >= 4 is 0 Å². The molecule has 1 aliphatic rings. The molecule has 0 aromatic rings. The molecule has 14 heavy (non-hydrogen) atoms. The molecule has 0 aliphatic heterocycles. The van der Waals surface area contributed by atoms with Gasteiger partial charge < -0.3 is 15.2 Å². The van der Waals surface area contributed by atoms with Crippen LogP contribution in [0.4, 0.5) is 0 Å². The summed E-state index contributed by atoms with van der Waals surface area (Å²) in [6.45, 7) is 4.74. The van der Waals surface area contributed by atoms with Crippen molar-refractivity contribution in [3.8, 4) is 0 Å². The van der Waals surface area contributed by atoms with Crippen LogP contribution in [0.15, 0.2) is 0 Å². The molecule has 1 saturated carbocycles. The zero-order valence-corrected chi connectivity index (χ0v) is 9.17. The number of hydrogen-bond donors (Lipinski definition) is 2. The minimum atomic E-state index is 0.120. The Labute approximate surface area is 86.8 Å². The van der Waals surface area contributed by atoms with Gasteiger partial charge in [0.05, 0.1) is 19.3 Å². The number of hydrogen-bond acceptors (Lipinski definition) is 3. The first-order chi connectivity index (χ1) is 6.86. The van der Waals surface area contributed by atoms with Gasteiger partial charge >= 0.3 is 0 Å². The van der Waals surface area contributed by atoms with Crippen molar-refractivity contribution in [2.24, 2.45) is 5.92 Å². The van der Waals surface area contributed by atoms with Crippen molar-refractivity contribution in [2.45, 2.75) is 38.6 Å². The molecule has 1 unspecified atom stereocenters. The van der Waals surface area contributed by atoms with Crippen LogP contribution in [0.2, 0.25) is 0 Å². The highest BCUT2D eigenvalue weighted by molar-refractivity contribution is 4.72. The van der Waals surface area contributed by atoms with Gasteiger partial charge in [-0.25, -0.2) is 0 Å². The standard InChI is InChI=1S/C11H23NO2/c1-2-6-12-11(8-13)9-14-7-5-10-3-4-10/h10-13H,2-9H2,1H3. The molecule has 0 radical (unpaired) electrons. The molecule has 0 heterocycles. The molecule has 1 rings (SSSR count). The molecule has 0 spiro atoms. The van der Waals surface area contributed by atoms with E-state index in [9.17, 15) is 0 Å². The van der Waals surface area contributed by atoms with E-state index < -0.39 is 0 Å². The van der Waals surface area contributed by atoms with Crippen LogP contribution in [0.5, 0.6) is 0 Å². The average molecular weight is 201 g/mol.